The third kappa shape index (κ3) is 2.42. The van der Waals surface area contributed by atoms with Crippen molar-refractivity contribution < 1.29 is 9.36 Å². The van der Waals surface area contributed by atoms with Gasteiger partial charge in [0.2, 0.25) is 0 Å². The highest BCUT2D eigenvalue weighted by molar-refractivity contribution is 6.02. The summed E-state index contributed by atoms with van der Waals surface area (Å²) in [5, 5.41) is 2.88. The van der Waals surface area contributed by atoms with Gasteiger partial charge in [0.15, 0.2) is 11.8 Å². The van der Waals surface area contributed by atoms with E-state index in [1.807, 2.05) is 61.6 Å². The Morgan fingerprint density at radius 2 is 2.04 bits per heavy atom. The molecule has 0 saturated heterocycles. The highest BCUT2D eigenvalue weighted by atomic mass is 16.2. The topological polar surface area (TPSA) is 67.3 Å². The molecule has 6 nitrogen and oxygen atoms in total. The van der Waals surface area contributed by atoms with E-state index in [0.29, 0.717) is 29.3 Å². The summed E-state index contributed by atoms with van der Waals surface area (Å²) in [6.45, 7) is 3.71. The molecule has 1 aliphatic carbocycles. The van der Waals surface area contributed by atoms with Crippen molar-refractivity contribution in [3.05, 3.63) is 76.2 Å². The number of benzene rings is 1. The molecule has 2 heterocycles. The number of nitrogens with one attached hydrogen (secondary N) is 1. The number of nitrogens with zero attached hydrogens (tertiary/aromatic N) is 3. The van der Waals surface area contributed by atoms with Crippen LogP contribution in [0.4, 0.5) is 16.4 Å². The Hall–Kier alpha value is -3.28. The molecule has 1 N–H and O–H groups in total. The van der Waals surface area contributed by atoms with Crippen molar-refractivity contribution in [3.63, 3.8) is 0 Å². The van der Waals surface area contributed by atoms with Gasteiger partial charge in [-0.1, -0.05) is 42.3 Å². The Morgan fingerprint density at radius 3 is 2.77 bits per heavy atom. The van der Waals surface area contributed by atoms with Crippen molar-refractivity contribution in [3.8, 4) is 0 Å². The number of anilines is 1. The van der Waals surface area contributed by atoms with Gasteiger partial charge in [-0.05, 0) is 37.6 Å². The molecule has 2 aliphatic rings. The van der Waals surface area contributed by atoms with Crippen LogP contribution in [0.2, 0.25) is 0 Å². The van der Waals surface area contributed by atoms with Gasteiger partial charge < -0.3 is 0 Å². The zero-order valence-electron chi connectivity index (χ0n) is 14.6. The van der Waals surface area contributed by atoms with Gasteiger partial charge in [0.05, 0.1) is 11.3 Å². The van der Waals surface area contributed by atoms with Gasteiger partial charge in [0.25, 0.3) is 0 Å². The molecule has 1 aliphatic heterocycles. The molecule has 0 saturated carbocycles. The van der Waals surface area contributed by atoms with E-state index in [-0.39, 0.29) is 17.6 Å². The largest absolute Gasteiger partial charge is 0.411 e. The van der Waals surface area contributed by atoms with Crippen molar-refractivity contribution in [2.24, 2.45) is 4.99 Å². The summed E-state index contributed by atoms with van der Waals surface area (Å²) in [4.78, 5) is 30.6. The third-order valence-electron chi connectivity index (χ3n) is 4.73. The van der Waals surface area contributed by atoms with E-state index in [1.54, 1.807) is 11.5 Å². The van der Waals surface area contributed by atoms with Crippen LogP contribution in [0.25, 0.3) is 0 Å². The van der Waals surface area contributed by atoms with Crippen LogP contribution >= 0.6 is 0 Å². The quantitative estimate of drug-likeness (QED) is 0.849. The molecule has 130 valence electrons. The number of hydrogen-bond donors (Lipinski definition) is 1. The molecular weight excluding hydrogens is 328 g/mol. The van der Waals surface area contributed by atoms with Gasteiger partial charge in [-0.2, -0.15) is 4.57 Å². The van der Waals surface area contributed by atoms with Gasteiger partial charge >= 0.3 is 17.5 Å². The van der Waals surface area contributed by atoms with Crippen molar-refractivity contribution >= 4 is 23.4 Å². The van der Waals surface area contributed by atoms with Crippen LogP contribution in [-0.2, 0) is 6.42 Å². The lowest BCUT2D eigenvalue weighted by Gasteiger charge is -2.13. The number of carbonyl (C=O) groups excluding carboxylic acids is 1. The Kier molecular flexibility index (Phi) is 3.88. The number of rotatable bonds is 2. The van der Waals surface area contributed by atoms with Crippen LogP contribution in [0.5, 0.6) is 0 Å². The third-order valence-corrected chi connectivity index (χ3v) is 4.73. The fourth-order valence-electron chi connectivity index (χ4n) is 3.45. The average molecular weight is 347 g/mol. The lowest BCUT2D eigenvalue weighted by atomic mass is 10.1. The number of allylic oxidation sites excluding steroid dienone is 4. The number of fused-ring (bicyclic) bond motifs is 3. The monoisotopic (exact) mass is 347 g/mol. The van der Waals surface area contributed by atoms with Gasteiger partial charge in [-0.25, -0.2) is 4.79 Å². The molecule has 1 aromatic heterocycles. The molecule has 0 radical (unpaired) electrons. The molecule has 0 bridgehead atoms. The predicted octanol–water partition coefficient (Wildman–Crippen LogP) is 2.84. The average Bonchev–Trinajstić information content (AvgIpc) is 3.02. The van der Waals surface area contributed by atoms with Crippen LogP contribution in [0.3, 0.4) is 0 Å². The van der Waals surface area contributed by atoms with Crippen LogP contribution in [0.15, 0.2) is 64.4 Å². The van der Waals surface area contributed by atoms with Gasteiger partial charge in [0, 0.05) is 5.69 Å². The SMILES string of the molecule is CCc1c(C)n(C(=O)Nc2ccccc2)c2[n+](c1=O)C1C=CC=CC1=N2. The molecule has 6 heteroatoms. The molecule has 1 unspecified atom stereocenters. The summed E-state index contributed by atoms with van der Waals surface area (Å²) in [6.07, 6.45) is 8.12. The number of carbonyl (C=O) groups is 1. The Bertz CT molecular complexity index is 1050. The minimum Gasteiger partial charge on any atom is -0.294 e. The molecule has 2 aromatic rings. The van der Waals surface area contributed by atoms with Crippen LogP contribution in [0, 0.1) is 6.92 Å². The first-order chi connectivity index (χ1) is 12.6. The smallest absolute Gasteiger partial charge is 0.294 e. The van der Waals surface area contributed by atoms with E-state index >= 15 is 0 Å². The molecule has 1 atom stereocenters. The van der Waals surface area contributed by atoms with Crippen molar-refractivity contribution in [1.82, 2.24) is 4.57 Å². The first-order valence-electron chi connectivity index (χ1n) is 8.61. The minimum absolute atomic E-state index is 0.0903. The maximum absolute atomic E-state index is 13.0. The van der Waals surface area contributed by atoms with Crippen molar-refractivity contribution in [2.75, 3.05) is 5.32 Å². The number of aromatic nitrogens is 2. The molecule has 26 heavy (non-hydrogen) atoms. The molecule has 1 amide bonds. The molecular formula is C20H19N4O2+. The van der Waals surface area contributed by atoms with Crippen LogP contribution < -0.4 is 15.4 Å². The maximum Gasteiger partial charge on any atom is 0.411 e. The predicted molar refractivity (Wildman–Crippen MR) is 100 cm³/mol. The second-order valence-corrected chi connectivity index (χ2v) is 6.25. The summed E-state index contributed by atoms with van der Waals surface area (Å²) in [6, 6.07) is 8.65. The zero-order valence-corrected chi connectivity index (χ0v) is 14.6. The Labute approximate surface area is 150 Å². The van der Waals surface area contributed by atoms with Crippen LogP contribution in [0.1, 0.15) is 24.2 Å². The number of hydrogen-bond acceptors (Lipinski definition) is 3. The summed E-state index contributed by atoms with van der Waals surface area (Å²) >= 11 is 0. The van der Waals surface area contributed by atoms with E-state index in [4.69, 9.17) is 0 Å². The summed E-state index contributed by atoms with van der Waals surface area (Å²) in [7, 11) is 0. The Morgan fingerprint density at radius 1 is 1.27 bits per heavy atom. The first-order valence-corrected chi connectivity index (χ1v) is 8.61. The second-order valence-electron chi connectivity index (χ2n) is 6.25. The summed E-state index contributed by atoms with van der Waals surface area (Å²) < 4.78 is 3.10. The first kappa shape index (κ1) is 16.2. The minimum atomic E-state index is -0.330. The Balaban J connectivity index is 1.90. The van der Waals surface area contributed by atoms with Crippen molar-refractivity contribution in [2.45, 2.75) is 26.3 Å². The highest BCUT2D eigenvalue weighted by Gasteiger charge is 2.40. The number of para-hydroxylation sites is 1. The molecule has 4 rings (SSSR count). The van der Waals surface area contributed by atoms with Gasteiger partial charge in [-0.3, -0.25) is 10.1 Å². The van der Waals surface area contributed by atoms with Crippen LogP contribution in [-0.4, -0.2) is 16.3 Å². The fraction of sp³-hybridized carbons (Fsp3) is 0.200. The van der Waals surface area contributed by atoms with E-state index in [0.717, 1.165) is 5.71 Å². The lowest BCUT2D eigenvalue weighted by Crippen LogP contribution is -2.56. The number of amides is 1. The zero-order chi connectivity index (χ0) is 18.3. The van der Waals surface area contributed by atoms with E-state index in [1.165, 1.54) is 4.57 Å². The van der Waals surface area contributed by atoms with Gasteiger partial charge in [0.1, 0.15) is 0 Å². The highest BCUT2D eigenvalue weighted by Crippen LogP contribution is 2.24. The summed E-state index contributed by atoms with van der Waals surface area (Å²) in [5.74, 6) is 0.356. The molecule has 0 spiro atoms. The standard InChI is InChI=1S/C20H18N4O2/c1-3-15-13(2)23(20(26)21-14-9-5-4-6-10-14)19-22-16-11-7-8-12-17(16)24(19)18(15)25/h4-12,17H,3H2,1-2H3/p+1. The molecule has 1 aromatic carbocycles. The second kappa shape index (κ2) is 6.22. The lowest BCUT2D eigenvalue weighted by molar-refractivity contribution is -0.696. The van der Waals surface area contributed by atoms with Crippen molar-refractivity contribution in [1.29, 1.82) is 0 Å². The van der Waals surface area contributed by atoms with Gasteiger partial charge in [-0.15, -0.1) is 4.57 Å². The normalized spacial score (nSPS) is 16.8. The fourth-order valence-corrected chi connectivity index (χ4v) is 3.45. The molecule has 0 fully saturated rings. The van der Waals surface area contributed by atoms with E-state index in [2.05, 4.69) is 10.3 Å². The van der Waals surface area contributed by atoms with E-state index in [9.17, 15) is 9.59 Å². The number of aliphatic imine (C=N–C) groups is 1. The van der Waals surface area contributed by atoms with E-state index < -0.39 is 0 Å². The summed E-state index contributed by atoms with van der Waals surface area (Å²) in [5.41, 5.74) is 2.60. The maximum atomic E-state index is 13.0.